The number of phenolic OH excluding ortho intramolecular Hbond substituents is 1. The predicted molar refractivity (Wildman–Crippen MR) is 149 cm³/mol. The lowest BCUT2D eigenvalue weighted by Crippen LogP contribution is -2.29. The lowest BCUT2D eigenvalue weighted by Gasteiger charge is -2.17. The van der Waals surface area contributed by atoms with Crippen LogP contribution in [0.2, 0.25) is 0 Å². The van der Waals surface area contributed by atoms with Crippen LogP contribution in [0.4, 0.5) is 17.1 Å². The Labute approximate surface area is 216 Å². The van der Waals surface area contributed by atoms with E-state index in [4.69, 9.17) is 9.73 Å². The Hall–Kier alpha value is -3.88. The van der Waals surface area contributed by atoms with Crippen molar-refractivity contribution in [1.82, 2.24) is 0 Å². The van der Waals surface area contributed by atoms with Gasteiger partial charge in [-0.3, -0.25) is 9.69 Å². The highest BCUT2D eigenvalue weighted by Gasteiger charge is 2.40. The number of carbonyl (C=O) groups excluding carboxylic acids is 1. The molecule has 1 saturated heterocycles. The molecule has 4 aromatic carbocycles. The number of benzene rings is 4. The Balaban J connectivity index is 1.49. The first-order valence-electron chi connectivity index (χ1n) is 11.2. The van der Waals surface area contributed by atoms with Gasteiger partial charge in [-0.25, -0.2) is 4.99 Å². The lowest BCUT2D eigenvalue weighted by atomic mass is 10.1. The van der Waals surface area contributed by atoms with E-state index in [1.54, 1.807) is 48.0 Å². The Morgan fingerprint density at radius 2 is 1.69 bits per heavy atom. The van der Waals surface area contributed by atoms with E-state index in [-0.39, 0.29) is 11.7 Å². The van der Waals surface area contributed by atoms with Gasteiger partial charge >= 0.3 is 0 Å². The highest BCUT2D eigenvalue weighted by molar-refractivity contribution is 8.20. The minimum absolute atomic E-state index is 0.139. The van der Waals surface area contributed by atoms with E-state index in [9.17, 15) is 9.90 Å². The van der Waals surface area contributed by atoms with Crippen LogP contribution in [0.15, 0.2) is 105 Å². The molecule has 8 heteroatoms. The molecule has 1 N–H and O–H groups in total. The van der Waals surface area contributed by atoms with Crippen molar-refractivity contribution in [3.63, 3.8) is 0 Å². The van der Waals surface area contributed by atoms with Crippen LogP contribution in [0.5, 0.6) is 11.5 Å². The van der Waals surface area contributed by atoms with Crippen LogP contribution in [-0.2, 0) is 4.79 Å². The summed E-state index contributed by atoms with van der Waals surface area (Å²) in [6, 6.07) is 26.6. The molecule has 2 aliphatic heterocycles. The van der Waals surface area contributed by atoms with Crippen molar-refractivity contribution in [2.24, 2.45) is 4.99 Å². The van der Waals surface area contributed by atoms with Gasteiger partial charge in [0.1, 0.15) is 16.4 Å². The van der Waals surface area contributed by atoms with E-state index in [2.05, 4.69) is 0 Å². The zero-order chi connectivity index (χ0) is 24.8. The minimum atomic E-state index is -0.154. The number of amidine groups is 1. The summed E-state index contributed by atoms with van der Waals surface area (Å²) in [5.41, 5.74) is 2.43. The second-order valence-corrected chi connectivity index (χ2v) is 10.3. The zero-order valence-electron chi connectivity index (χ0n) is 19.5. The second-order valence-electron chi connectivity index (χ2n) is 8.28. The van der Waals surface area contributed by atoms with Crippen LogP contribution < -0.4 is 14.5 Å². The molecule has 0 atom stereocenters. The van der Waals surface area contributed by atoms with Crippen molar-refractivity contribution in [2.75, 3.05) is 24.0 Å². The van der Waals surface area contributed by atoms with Crippen LogP contribution >= 0.6 is 23.5 Å². The first kappa shape index (κ1) is 22.6. The summed E-state index contributed by atoms with van der Waals surface area (Å²) < 4.78 is 5.40. The van der Waals surface area contributed by atoms with E-state index in [0.717, 1.165) is 37.8 Å². The monoisotopic (exact) mass is 511 g/mol. The first-order valence-corrected chi connectivity index (χ1v) is 12.9. The molecule has 0 bridgehead atoms. The van der Waals surface area contributed by atoms with E-state index in [1.807, 2.05) is 72.6 Å². The minimum Gasteiger partial charge on any atom is -0.508 e. The van der Waals surface area contributed by atoms with Gasteiger partial charge in [0.15, 0.2) is 5.17 Å². The number of hydrogen-bond donors (Lipinski definition) is 1. The average molecular weight is 512 g/mol. The molecule has 1 fully saturated rings. The molecular formula is C28H21N3O3S2. The van der Waals surface area contributed by atoms with Gasteiger partial charge < -0.3 is 14.7 Å². The van der Waals surface area contributed by atoms with Crippen LogP contribution in [0.3, 0.4) is 0 Å². The molecule has 0 radical (unpaired) electrons. The molecule has 1 amide bonds. The lowest BCUT2D eigenvalue weighted by molar-refractivity contribution is -0.113. The number of carbonyl (C=O) groups is 1. The molecule has 0 saturated carbocycles. The number of phenols is 1. The molecule has 0 aromatic heterocycles. The number of amides is 1. The van der Waals surface area contributed by atoms with Gasteiger partial charge in [0.2, 0.25) is 0 Å². The predicted octanol–water partition coefficient (Wildman–Crippen LogP) is 6.73. The van der Waals surface area contributed by atoms with Gasteiger partial charge in [-0.05, 0) is 59.6 Å². The number of hydrogen-bond acceptors (Lipinski definition) is 7. The van der Waals surface area contributed by atoms with Gasteiger partial charge in [-0.2, -0.15) is 0 Å². The van der Waals surface area contributed by atoms with Crippen molar-refractivity contribution in [2.45, 2.75) is 4.90 Å². The Morgan fingerprint density at radius 3 is 2.50 bits per heavy atom. The maximum Gasteiger partial charge on any atom is 0.274 e. The van der Waals surface area contributed by atoms with E-state index < -0.39 is 0 Å². The highest BCUT2D eigenvalue weighted by atomic mass is 32.2. The summed E-state index contributed by atoms with van der Waals surface area (Å²) in [6.07, 6.45) is 0. The quantitative estimate of drug-likeness (QED) is 0.308. The highest BCUT2D eigenvalue weighted by Crippen LogP contribution is 2.51. The normalized spacial score (nSPS) is 18.4. The molecule has 2 aliphatic rings. The summed E-state index contributed by atoms with van der Waals surface area (Å²) in [5.74, 6) is 0.750. The molecular weight excluding hydrogens is 490 g/mol. The number of thioether (sulfide) groups is 2. The summed E-state index contributed by atoms with van der Waals surface area (Å²) in [4.78, 5) is 24.2. The molecule has 36 heavy (non-hydrogen) atoms. The topological polar surface area (TPSA) is 65.4 Å². The van der Waals surface area contributed by atoms with Gasteiger partial charge in [0.25, 0.3) is 5.91 Å². The fourth-order valence-electron chi connectivity index (χ4n) is 4.27. The Bertz CT molecular complexity index is 1580. The maximum absolute atomic E-state index is 13.9. The summed E-state index contributed by atoms with van der Waals surface area (Å²) in [7, 11) is 3.60. The largest absolute Gasteiger partial charge is 0.508 e. The Kier molecular flexibility index (Phi) is 5.62. The molecule has 0 spiro atoms. The maximum atomic E-state index is 13.9. The molecule has 2 heterocycles. The van der Waals surface area contributed by atoms with Crippen molar-refractivity contribution in [3.8, 4) is 11.5 Å². The number of fused-ring (bicyclic) bond motifs is 2. The first-order chi connectivity index (χ1) is 17.5. The number of methoxy groups -OCH3 is 1. The van der Waals surface area contributed by atoms with Crippen molar-refractivity contribution in [3.05, 3.63) is 94.9 Å². The number of aromatic hydroxyl groups is 1. The number of ether oxygens (including phenoxy) is 1. The van der Waals surface area contributed by atoms with Crippen LogP contribution in [0.1, 0.15) is 0 Å². The smallest absolute Gasteiger partial charge is 0.274 e. The second kappa shape index (κ2) is 8.96. The molecule has 6 nitrogen and oxygen atoms in total. The van der Waals surface area contributed by atoms with Gasteiger partial charge in [0.05, 0.1) is 29.2 Å². The molecule has 0 aliphatic carbocycles. The third-order valence-corrected chi connectivity index (χ3v) is 8.50. The van der Waals surface area contributed by atoms with E-state index in [1.165, 1.54) is 11.8 Å². The molecule has 4 aromatic rings. The van der Waals surface area contributed by atoms with Gasteiger partial charge in [-0.15, -0.1) is 0 Å². The number of nitrogens with zero attached hydrogens (tertiary/aromatic N) is 3. The number of anilines is 2. The van der Waals surface area contributed by atoms with Crippen LogP contribution in [0, 0.1) is 0 Å². The van der Waals surface area contributed by atoms with Crippen LogP contribution in [-0.4, -0.2) is 30.3 Å². The summed E-state index contributed by atoms with van der Waals surface area (Å²) in [5, 5.41) is 13.3. The number of rotatable bonds is 3. The molecule has 178 valence electrons. The van der Waals surface area contributed by atoms with Crippen LogP contribution in [0.25, 0.3) is 10.8 Å². The zero-order valence-corrected chi connectivity index (χ0v) is 21.1. The van der Waals surface area contributed by atoms with Crippen molar-refractivity contribution < 1.29 is 14.6 Å². The standard InChI is InChI=1S/C28H21N3O3S2/c1-30-23-16-20(34-2)14-15-24(23)35-27(30)25-26(33)31(18-10-12-19(32)13-11-18)28(36-25)29-22-9-5-7-17-6-3-4-8-21(17)22/h3-16,32H,1-2H3/b27-25-,29-28?. The van der Waals surface area contributed by atoms with E-state index in [0.29, 0.717) is 15.8 Å². The van der Waals surface area contributed by atoms with E-state index >= 15 is 0 Å². The van der Waals surface area contributed by atoms with Crippen molar-refractivity contribution >= 4 is 62.4 Å². The van der Waals surface area contributed by atoms with Crippen molar-refractivity contribution in [1.29, 1.82) is 0 Å². The third-order valence-electron chi connectivity index (χ3n) is 6.11. The molecule has 6 rings (SSSR count). The SMILES string of the molecule is COc1ccc2c(c1)N(C)/C(=C1/SC(=Nc3cccc4ccccc34)N(c3ccc(O)cc3)C1=O)S2. The average Bonchev–Trinajstić information content (AvgIpc) is 3.40. The Morgan fingerprint density at radius 1 is 0.917 bits per heavy atom. The van der Waals surface area contributed by atoms with Gasteiger partial charge in [-0.1, -0.05) is 48.2 Å². The third kappa shape index (κ3) is 3.79. The number of aliphatic imine (C=N–C) groups is 1. The summed E-state index contributed by atoms with van der Waals surface area (Å²) >= 11 is 2.92. The molecule has 0 unspecified atom stereocenters. The van der Waals surface area contributed by atoms with Gasteiger partial charge in [0, 0.05) is 23.4 Å². The summed E-state index contributed by atoms with van der Waals surface area (Å²) in [6.45, 7) is 0. The fourth-order valence-corrected chi connectivity index (χ4v) is 6.59. The fraction of sp³-hybridized carbons (Fsp3) is 0.0714.